The van der Waals surface area contributed by atoms with Crippen molar-refractivity contribution in [3.05, 3.63) is 76.5 Å². The molecule has 0 radical (unpaired) electrons. The molecule has 4 aromatic rings. The lowest BCUT2D eigenvalue weighted by molar-refractivity contribution is 0.626. The van der Waals surface area contributed by atoms with E-state index in [9.17, 15) is 4.39 Å². The number of rotatable bonds is 3. The van der Waals surface area contributed by atoms with Crippen molar-refractivity contribution in [2.45, 2.75) is 6.54 Å². The van der Waals surface area contributed by atoms with Gasteiger partial charge in [-0.25, -0.2) is 4.39 Å². The highest BCUT2D eigenvalue weighted by Gasteiger charge is 2.08. The van der Waals surface area contributed by atoms with E-state index >= 15 is 0 Å². The second kappa shape index (κ2) is 5.70. The van der Waals surface area contributed by atoms with Gasteiger partial charge in [-0.2, -0.15) is 0 Å². The molecule has 0 spiro atoms. The summed E-state index contributed by atoms with van der Waals surface area (Å²) in [6.45, 7) is 0.705. The maximum absolute atomic E-state index is 13.5. The fourth-order valence-corrected chi connectivity index (χ4v) is 3.12. The number of nitrogens with one attached hydrogen (secondary N) is 1. The van der Waals surface area contributed by atoms with E-state index in [2.05, 4.69) is 27.3 Å². The van der Waals surface area contributed by atoms with E-state index in [1.165, 1.54) is 17.7 Å². The Hall–Kier alpha value is -2.33. The first-order valence-electron chi connectivity index (χ1n) is 7.30. The highest BCUT2D eigenvalue weighted by Crippen LogP contribution is 2.31. The van der Waals surface area contributed by atoms with Crippen LogP contribution < -0.4 is 5.32 Å². The molecule has 3 aromatic carbocycles. The zero-order valence-electron chi connectivity index (χ0n) is 12.1. The van der Waals surface area contributed by atoms with E-state index < -0.39 is 0 Å². The molecule has 0 aliphatic rings. The number of benzene rings is 3. The zero-order chi connectivity index (χ0) is 15.8. The van der Waals surface area contributed by atoms with Gasteiger partial charge in [-0.3, -0.25) is 0 Å². The summed E-state index contributed by atoms with van der Waals surface area (Å²) in [5, 5.41) is 5.11. The lowest BCUT2D eigenvalue weighted by atomic mass is 10.1. The smallest absolute Gasteiger partial charge is 0.135 e. The summed E-state index contributed by atoms with van der Waals surface area (Å²) in [5.74, 6) is -0.258. The molecule has 0 fully saturated rings. The van der Waals surface area contributed by atoms with Crippen LogP contribution in [0, 0.1) is 5.82 Å². The zero-order valence-corrected chi connectivity index (χ0v) is 13.7. The summed E-state index contributed by atoms with van der Waals surface area (Å²) in [5.41, 5.74) is 3.61. The van der Waals surface area contributed by atoms with E-state index in [1.807, 2.05) is 36.4 Å². The Bertz CT molecular complexity index is 1010. The van der Waals surface area contributed by atoms with E-state index in [0.29, 0.717) is 12.1 Å². The highest BCUT2D eigenvalue weighted by atomic mass is 79.9. The first kappa shape index (κ1) is 14.3. The van der Waals surface area contributed by atoms with Crippen LogP contribution in [-0.4, -0.2) is 0 Å². The molecule has 0 saturated carbocycles. The van der Waals surface area contributed by atoms with Gasteiger partial charge >= 0.3 is 0 Å². The van der Waals surface area contributed by atoms with Gasteiger partial charge in [0, 0.05) is 27.5 Å². The summed E-state index contributed by atoms with van der Waals surface area (Å²) in [4.78, 5) is 0. The third kappa shape index (κ3) is 2.70. The van der Waals surface area contributed by atoms with Crippen LogP contribution in [-0.2, 0) is 6.54 Å². The van der Waals surface area contributed by atoms with Crippen LogP contribution in [0.4, 0.5) is 10.1 Å². The van der Waals surface area contributed by atoms with Crippen molar-refractivity contribution in [3.63, 3.8) is 0 Å². The Morgan fingerprint density at radius 1 is 0.913 bits per heavy atom. The molecule has 1 N–H and O–H groups in total. The average molecular weight is 370 g/mol. The molecule has 0 amide bonds. The van der Waals surface area contributed by atoms with E-state index in [4.69, 9.17) is 4.42 Å². The minimum Gasteiger partial charge on any atom is -0.456 e. The van der Waals surface area contributed by atoms with Crippen molar-refractivity contribution in [1.29, 1.82) is 0 Å². The molecule has 0 atom stereocenters. The van der Waals surface area contributed by atoms with Crippen molar-refractivity contribution in [2.24, 2.45) is 0 Å². The third-order valence-corrected chi connectivity index (χ3v) is 4.65. The maximum Gasteiger partial charge on any atom is 0.135 e. The van der Waals surface area contributed by atoms with Crippen LogP contribution in [0.25, 0.3) is 21.9 Å². The van der Waals surface area contributed by atoms with Gasteiger partial charge in [0.15, 0.2) is 0 Å². The molecule has 4 rings (SSSR count). The summed E-state index contributed by atoms with van der Waals surface area (Å²) < 4.78 is 20.3. The lowest BCUT2D eigenvalue weighted by Gasteiger charge is -2.08. The summed E-state index contributed by atoms with van der Waals surface area (Å²) >= 11 is 3.55. The monoisotopic (exact) mass is 369 g/mol. The van der Waals surface area contributed by atoms with Crippen LogP contribution in [0.1, 0.15) is 5.56 Å². The number of anilines is 1. The molecule has 1 aromatic heterocycles. The SMILES string of the molecule is Fc1ccc2oc3ccc(NCc4ccccc4Br)cc3c2c1. The van der Waals surface area contributed by atoms with Gasteiger partial charge in [-0.1, -0.05) is 34.1 Å². The predicted molar refractivity (Wildman–Crippen MR) is 95.1 cm³/mol. The topological polar surface area (TPSA) is 25.2 Å². The Labute approximate surface area is 141 Å². The maximum atomic E-state index is 13.5. The van der Waals surface area contributed by atoms with Crippen molar-refractivity contribution in [2.75, 3.05) is 5.32 Å². The Morgan fingerprint density at radius 2 is 1.65 bits per heavy atom. The molecule has 0 bridgehead atoms. The van der Waals surface area contributed by atoms with Gasteiger partial charge < -0.3 is 9.73 Å². The van der Waals surface area contributed by atoms with Crippen LogP contribution in [0.5, 0.6) is 0 Å². The largest absolute Gasteiger partial charge is 0.456 e. The molecule has 4 heteroatoms. The second-order valence-corrected chi connectivity index (χ2v) is 6.25. The van der Waals surface area contributed by atoms with Crippen LogP contribution in [0.3, 0.4) is 0 Å². The van der Waals surface area contributed by atoms with Crippen molar-refractivity contribution in [1.82, 2.24) is 0 Å². The summed E-state index contributed by atoms with van der Waals surface area (Å²) in [6, 6.07) is 18.6. The molecule has 0 unspecified atom stereocenters. The normalized spacial score (nSPS) is 11.2. The average Bonchev–Trinajstić information content (AvgIpc) is 2.91. The van der Waals surface area contributed by atoms with Gasteiger partial charge in [-0.15, -0.1) is 0 Å². The van der Waals surface area contributed by atoms with Crippen molar-refractivity contribution >= 4 is 43.6 Å². The van der Waals surface area contributed by atoms with Gasteiger partial charge in [-0.05, 0) is 48.0 Å². The summed E-state index contributed by atoms with van der Waals surface area (Å²) in [6.07, 6.45) is 0. The first-order chi connectivity index (χ1) is 11.2. The Balaban J connectivity index is 1.69. The van der Waals surface area contributed by atoms with Crippen LogP contribution >= 0.6 is 15.9 Å². The molecule has 23 heavy (non-hydrogen) atoms. The first-order valence-corrected chi connectivity index (χ1v) is 8.09. The fourth-order valence-electron chi connectivity index (χ4n) is 2.70. The minimum atomic E-state index is -0.258. The molecule has 1 heterocycles. The van der Waals surface area contributed by atoms with Crippen molar-refractivity contribution in [3.8, 4) is 0 Å². The molecular formula is C19H13BrFNO. The van der Waals surface area contributed by atoms with Gasteiger partial charge in [0.25, 0.3) is 0 Å². The van der Waals surface area contributed by atoms with Gasteiger partial charge in [0.1, 0.15) is 17.0 Å². The number of hydrogen-bond donors (Lipinski definition) is 1. The van der Waals surface area contributed by atoms with Gasteiger partial charge in [0.05, 0.1) is 0 Å². The van der Waals surface area contributed by atoms with E-state index in [-0.39, 0.29) is 5.82 Å². The fraction of sp³-hybridized carbons (Fsp3) is 0.0526. The molecule has 0 saturated heterocycles. The molecule has 0 aliphatic carbocycles. The molecule has 2 nitrogen and oxygen atoms in total. The van der Waals surface area contributed by atoms with Gasteiger partial charge in [0.2, 0.25) is 0 Å². The molecular weight excluding hydrogens is 357 g/mol. The van der Waals surface area contributed by atoms with Crippen molar-refractivity contribution < 1.29 is 8.81 Å². The molecule has 114 valence electrons. The highest BCUT2D eigenvalue weighted by molar-refractivity contribution is 9.10. The summed E-state index contributed by atoms with van der Waals surface area (Å²) in [7, 11) is 0. The number of hydrogen-bond acceptors (Lipinski definition) is 2. The quantitative estimate of drug-likeness (QED) is 0.471. The van der Waals surface area contributed by atoms with Crippen LogP contribution in [0.15, 0.2) is 69.6 Å². The third-order valence-electron chi connectivity index (χ3n) is 3.87. The minimum absolute atomic E-state index is 0.258. The number of halogens is 2. The number of fused-ring (bicyclic) bond motifs is 3. The Morgan fingerprint density at radius 3 is 2.48 bits per heavy atom. The molecule has 0 aliphatic heterocycles. The Kier molecular flexibility index (Phi) is 3.54. The predicted octanol–water partition coefficient (Wildman–Crippen LogP) is 6.10. The standard InChI is InChI=1S/C19H13BrFNO/c20-17-4-2-1-3-12(17)11-22-14-6-8-19-16(10-14)15-9-13(21)5-7-18(15)23-19/h1-10,22H,11H2. The van der Waals surface area contributed by atoms with E-state index in [0.717, 1.165) is 26.5 Å². The number of furan rings is 1. The van der Waals surface area contributed by atoms with Crippen LogP contribution in [0.2, 0.25) is 0 Å². The van der Waals surface area contributed by atoms with E-state index in [1.54, 1.807) is 6.07 Å². The second-order valence-electron chi connectivity index (χ2n) is 5.40. The lowest BCUT2D eigenvalue weighted by Crippen LogP contribution is -1.99.